The van der Waals surface area contributed by atoms with Gasteiger partial charge in [0.1, 0.15) is 16.9 Å². The normalized spacial score (nSPS) is 18.1. The third kappa shape index (κ3) is 1.99. The van der Waals surface area contributed by atoms with Crippen LogP contribution in [0.25, 0.3) is 16.9 Å². The van der Waals surface area contributed by atoms with E-state index in [0.29, 0.717) is 0 Å². The number of nitrogens with zero attached hydrogens (tertiary/aromatic N) is 2. The molecule has 0 saturated carbocycles. The number of pyridine rings is 1. The van der Waals surface area contributed by atoms with E-state index < -0.39 is 5.54 Å². The maximum Gasteiger partial charge on any atom is 0.137 e. The minimum atomic E-state index is -0.406. The lowest BCUT2D eigenvalue weighted by molar-refractivity contribution is 0.414. The number of fused-ring (bicyclic) bond motifs is 5. The molecule has 2 aromatic carbocycles. The second-order valence-corrected chi connectivity index (χ2v) is 6.76. The maximum absolute atomic E-state index is 5.33. The predicted molar refractivity (Wildman–Crippen MR) is 104 cm³/mol. The maximum atomic E-state index is 5.33. The van der Waals surface area contributed by atoms with Crippen molar-refractivity contribution in [1.29, 1.82) is 0 Å². The molecule has 4 nitrogen and oxygen atoms in total. The highest BCUT2D eigenvalue weighted by molar-refractivity contribution is 5.84. The Morgan fingerprint density at radius 1 is 0.962 bits per heavy atom. The highest BCUT2D eigenvalue weighted by atomic mass is 16.5. The van der Waals surface area contributed by atoms with E-state index in [1.54, 1.807) is 7.11 Å². The Labute approximate surface area is 152 Å². The summed E-state index contributed by atoms with van der Waals surface area (Å²) in [5, 5.41) is 3.76. The van der Waals surface area contributed by atoms with Crippen molar-refractivity contribution < 1.29 is 4.74 Å². The van der Waals surface area contributed by atoms with Gasteiger partial charge in [0.05, 0.1) is 18.5 Å². The van der Waals surface area contributed by atoms with E-state index in [9.17, 15) is 0 Å². The number of rotatable bonds is 2. The van der Waals surface area contributed by atoms with E-state index in [1.807, 2.05) is 24.3 Å². The van der Waals surface area contributed by atoms with Gasteiger partial charge in [-0.1, -0.05) is 36.4 Å². The van der Waals surface area contributed by atoms with Crippen molar-refractivity contribution in [3.05, 3.63) is 84.2 Å². The summed E-state index contributed by atoms with van der Waals surface area (Å²) in [7, 11) is 1.69. The van der Waals surface area contributed by atoms with Gasteiger partial charge in [0.25, 0.3) is 0 Å². The number of methoxy groups -OCH3 is 1. The second kappa shape index (κ2) is 5.36. The molecule has 1 atom stereocenters. The van der Waals surface area contributed by atoms with Crippen LogP contribution in [0.5, 0.6) is 5.75 Å². The zero-order valence-electron chi connectivity index (χ0n) is 14.7. The van der Waals surface area contributed by atoms with Crippen LogP contribution >= 0.6 is 0 Å². The lowest BCUT2D eigenvalue weighted by atomic mass is 9.82. The predicted octanol–water partition coefficient (Wildman–Crippen LogP) is 4.70. The molecule has 0 aliphatic carbocycles. The van der Waals surface area contributed by atoms with Gasteiger partial charge < -0.3 is 14.5 Å². The molecule has 1 aliphatic rings. The Morgan fingerprint density at radius 3 is 2.54 bits per heavy atom. The van der Waals surface area contributed by atoms with E-state index in [4.69, 9.17) is 9.72 Å². The van der Waals surface area contributed by atoms with E-state index in [2.05, 4.69) is 65.3 Å². The first kappa shape index (κ1) is 15.0. The van der Waals surface area contributed by atoms with Gasteiger partial charge >= 0.3 is 0 Å². The number of ether oxygens (including phenoxy) is 1. The Balaban J connectivity index is 1.83. The van der Waals surface area contributed by atoms with Crippen molar-refractivity contribution in [3.63, 3.8) is 0 Å². The fourth-order valence-electron chi connectivity index (χ4n) is 3.92. The molecular weight excluding hydrogens is 322 g/mol. The van der Waals surface area contributed by atoms with Crippen molar-refractivity contribution in [1.82, 2.24) is 9.38 Å². The Morgan fingerprint density at radius 2 is 1.73 bits per heavy atom. The molecular formula is C22H19N3O. The third-order valence-electron chi connectivity index (χ3n) is 5.24. The molecule has 0 fully saturated rings. The summed E-state index contributed by atoms with van der Waals surface area (Å²) in [6, 6.07) is 22.7. The smallest absolute Gasteiger partial charge is 0.137 e. The summed E-state index contributed by atoms with van der Waals surface area (Å²) < 4.78 is 7.52. The van der Waals surface area contributed by atoms with Crippen molar-refractivity contribution in [2.24, 2.45) is 0 Å². The number of imidazole rings is 1. The topological polar surface area (TPSA) is 38.6 Å². The largest absolute Gasteiger partial charge is 0.497 e. The van der Waals surface area contributed by atoms with E-state index in [1.165, 1.54) is 5.56 Å². The molecule has 0 bridgehead atoms. The summed E-state index contributed by atoms with van der Waals surface area (Å²) in [5.74, 6) is 0.854. The Hall–Kier alpha value is -3.27. The van der Waals surface area contributed by atoms with Crippen LogP contribution in [-0.4, -0.2) is 16.5 Å². The molecule has 26 heavy (non-hydrogen) atoms. The molecule has 3 heterocycles. The number of para-hydroxylation sites is 1. The van der Waals surface area contributed by atoms with Crippen LogP contribution in [0.3, 0.4) is 0 Å². The third-order valence-corrected chi connectivity index (χ3v) is 5.24. The molecule has 1 N–H and O–H groups in total. The van der Waals surface area contributed by atoms with Crippen molar-refractivity contribution in [2.45, 2.75) is 12.5 Å². The Bertz CT molecular complexity index is 1110. The van der Waals surface area contributed by atoms with Gasteiger partial charge in [0, 0.05) is 17.4 Å². The van der Waals surface area contributed by atoms with Gasteiger partial charge in [-0.3, -0.25) is 0 Å². The van der Waals surface area contributed by atoms with Gasteiger partial charge in [0.2, 0.25) is 0 Å². The number of anilines is 1. The summed E-state index contributed by atoms with van der Waals surface area (Å²) in [4.78, 5) is 4.95. The standard InChI is InChI=1S/C22H19N3O/c1-22(15-10-12-16(26-2)13-11-15)21-20(17-7-3-4-8-18(17)24-22)23-19-9-5-6-14-25(19)21/h3-14,24H,1-2H3. The molecule has 1 unspecified atom stereocenters. The van der Waals surface area contributed by atoms with Crippen LogP contribution in [0.1, 0.15) is 18.2 Å². The number of benzene rings is 2. The number of hydrogen-bond acceptors (Lipinski definition) is 3. The average Bonchev–Trinajstić information content (AvgIpc) is 3.09. The first-order valence-electron chi connectivity index (χ1n) is 8.70. The quantitative estimate of drug-likeness (QED) is 0.574. The van der Waals surface area contributed by atoms with Gasteiger partial charge in [-0.15, -0.1) is 0 Å². The van der Waals surface area contributed by atoms with Crippen molar-refractivity contribution in [3.8, 4) is 17.0 Å². The van der Waals surface area contributed by atoms with E-state index in [0.717, 1.165) is 34.0 Å². The fourth-order valence-corrected chi connectivity index (χ4v) is 3.92. The zero-order valence-corrected chi connectivity index (χ0v) is 14.7. The summed E-state index contributed by atoms with van der Waals surface area (Å²) in [6.07, 6.45) is 2.08. The molecule has 4 aromatic rings. The number of aromatic nitrogens is 2. The molecule has 0 amide bonds. The summed E-state index contributed by atoms with van der Waals surface area (Å²) in [6.45, 7) is 2.21. The number of nitrogens with one attached hydrogen (secondary N) is 1. The molecule has 0 saturated heterocycles. The fraction of sp³-hybridized carbons (Fsp3) is 0.136. The minimum Gasteiger partial charge on any atom is -0.497 e. The van der Waals surface area contributed by atoms with Crippen LogP contribution in [-0.2, 0) is 5.54 Å². The SMILES string of the molecule is COc1ccc(C2(C)Nc3ccccc3-c3nc4ccccn4c32)cc1. The zero-order chi connectivity index (χ0) is 17.7. The first-order valence-corrected chi connectivity index (χ1v) is 8.70. The molecule has 128 valence electrons. The van der Waals surface area contributed by atoms with Gasteiger partial charge in [0.15, 0.2) is 0 Å². The van der Waals surface area contributed by atoms with Crippen LogP contribution in [0, 0.1) is 0 Å². The van der Waals surface area contributed by atoms with Crippen LogP contribution < -0.4 is 10.1 Å². The summed E-state index contributed by atoms with van der Waals surface area (Å²) in [5.41, 5.74) is 6.13. The average molecular weight is 341 g/mol. The number of hydrogen-bond donors (Lipinski definition) is 1. The first-order chi connectivity index (χ1) is 12.7. The van der Waals surface area contributed by atoms with E-state index in [-0.39, 0.29) is 0 Å². The molecule has 4 heteroatoms. The second-order valence-electron chi connectivity index (χ2n) is 6.76. The molecule has 0 spiro atoms. The van der Waals surface area contributed by atoms with Gasteiger partial charge in [-0.05, 0) is 42.8 Å². The highest BCUT2D eigenvalue weighted by Gasteiger charge is 2.39. The summed E-state index contributed by atoms with van der Waals surface area (Å²) >= 11 is 0. The van der Waals surface area contributed by atoms with Crippen molar-refractivity contribution >= 4 is 11.3 Å². The monoisotopic (exact) mass is 341 g/mol. The minimum absolute atomic E-state index is 0.406. The van der Waals surface area contributed by atoms with E-state index >= 15 is 0 Å². The Kier molecular flexibility index (Phi) is 3.10. The molecule has 2 aromatic heterocycles. The van der Waals surface area contributed by atoms with Crippen LogP contribution in [0.2, 0.25) is 0 Å². The highest BCUT2D eigenvalue weighted by Crippen LogP contribution is 2.46. The lowest BCUT2D eigenvalue weighted by Crippen LogP contribution is -2.37. The van der Waals surface area contributed by atoms with Crippen LogP contribution in [0.15, 0.2) is 72.9 Å². The van der Waals surface area contributed by atoms with Gasteiger partial charge in [-0.2, -0.15) is 0 Å². The molecule has 1 aliphatic heterocycles. The van der Waals surface area contributed by atoms with Gasteiger partial charge in [-0.25, -0.2) is 4.98 Å². The molecule has 5 rings (SSSR count). The lowest BCUT2D eigenvalue weighted by Gasteiger charge is -2.37. The molecule has 0 radical (unpaired) electrons. The van der Waals surface area contributed by atoms with Crippen LogP contribution in [0.4, 0.5) is 5.69 Å². The van der Waals surface area contributed by atoms with Crippen molar-refractivity contribution in [2.75, 3.05) is 12.4 Å².